The van der Waals surface area contributed by atoms with Gasteiger partial charge in [0.1, 0.15) is 5.69 Å². The Labute approximate surface area is 116 Å². The van der Waals surface area contributed by atoms with Crippen LogP contribution < -0.4 is 0 Å². The molecule has 0 spiro atoms. The van der Waals surface area contributed by atoms with Gasteiger partial charge >= 0.3 is 5.69 Å². The van der Waals surface area contributed by atoms with Crippen molar-refractivity contribution in [1.29, 1.82) is 0 Å². The Morgan fingerprint density at radius 1 is 1.05 bits per heavy atom. The molecule has 1 aromatic carbocycles. The van der Waals surface area contributed by atoms with Crippen molar-refractivity contribution in [2.24, 2.45) is 0 Å². The lowest BCUT2D eigenvalue weighted by molar-refractivity contribution is -0.384. The summed E-state index contributed by atoms with van der Waals surface area (Å²) in [4.78, 5) is 28.6. The largest absolute Gasteiger partial charge is 0.455 e. The molecular weight excluding hydrogens is 280 g/mol. The molecule has 0 unspecified atom stereocenters. The maximum absolute atomic E-state index is 10.9. The zero-order valence-corrected chi connectivity index (χ0v) is 10.3. The van der Waals surface area contributed by atoms with E-state index < -0.39 is 9.85 Å². The van der Waals surface area contributed by atoms with Crippen molar-refractivity contribution in [3.8, 4) is 11.5 Å². The van der Waals surface area contributed by atoms with E-state index in [0.29, 0.717) is 11.0 Å². The summed E-state index contributed by atoms with van der Waals surface area (Å²) in [5, 5.41) is 21.5. The van der Waals surface area contributed by atoms with Gasteiger partial charge in [-0.25, -0.2) is 4.98 Å². The van der Waals surface area contributed by atoms with E-state index >= 15 is 0 Å². The number of benzene rings is 1. The molecule has 3 rings (SSSR count). The van der Waals surface area contributed by atoms with Crippen LogP contribution in [-0.2, 0) is 0 Å². The van der Waals surface area contributed by atoms with Crippen LogP contribution in [0.15, 0.2) is 41.1 Å². The number of nitrogens with zero attached hydrogens (tertiary/aromatic N) is 4. The normalized spacial score (nSPS) is 10.7. The fraction of sp³-hybridized carbons (Fsp3) is 0. The summed E-state index contributed by atoms with van der Waals surface area (Å²) in [6.07, 6.45) is 2.47. The van der Waals surface area contributed by atoms with Crippen molar-refractivity contribution in [2.45, 2.75) is 0 Å². The number of hydrogen-bond acceptors (Lipinski definition) is 7. The van der Waals surface area contributed by atoms with Crippen molar-refractivity contribution >= 4 is 22.4 Å². The quantitative estimate of drug-likeness (QED) is 0.535. The van der Waals surface area contributed by atoms with Crippen molar-refractivity contribution < 1.29 is 14.3 Å². The minimum Gasteiger partial charge on any atom is -0.455 e. The third-order valence-electron chi connectivity index (χ3n) is 2.81. The first-order valence-corrected chi connectivity index (χ1v) is 5.70. The van der Waals surface area contributed by atoms with Crippen LogP contribution in [0.5, 0.6) is 0 Å². The highest BCUT2D eigenvalue weighted by Gasteiger charge is 2.21. The Balaban J connectivity index is 2.13. The molecule has 0 atom stereocenters. The highest BCUT2D eigenvalue weighted by atomic mass is 16.6. The molecule has 9 heteroatoms. The predicted octanol–water partition coefficient (Wildman–Crippen LogP) is 2.71. The third kappa shape index (κ3) is 2.16. The van der Waals surface area contributed by atoms with Gasteiger partial charge < -0.3 is 4.42 Å². The Hall–Kier alpha value is -3.36. The van der Waals surface area contributed by atoms with Crippen molar-refractivity contribution in [3.05, 3.63) is 57.0 Å². The van der Waals surface area contributed by atoms with Crippen molar-refractivity contribution in [2.75, 3.05) is 0 Å². The standard InChI is InChI=1S/C12H6N4O5/c17-15(18)7-1-2-8-9(5-7)13-6-10(14-8)12-11(16(19)20)3-4-21-12/h1-6H. The lowest BCUT2D eigenvalue weighted by Crippen LogP contribution is -1.93. The molecule has 0 aliphatic heterocycles. The van der Waals surface area contributed by atoms with Crippen LogP contribution in [0.4, 0.5) is 11.4 Å². The maximum Gasteiger partial charge on any atom is 0.316 e. The molecule has 0 fully saturated rings. The summed E-state index contributed by atoms with van der Waals surface area (Å²) in [7, 11) is 0. The van der Waals surface area contributed by atoms with Gasteiger partial charge in [0.2, 0.25) is 5.76 Å². The van der Waals surface area contributed by atoms with E-state index in [1.54, 1.807) is 0 Å². The second-order valence-electron chi connectivity index (χ2n) is 4.08. The molecule has 2 heterocycles. The summed E-state index contributed by atoms with van der Waals surface area (Å²) in [6, 6.07) is 5.22. The van der Waals surface area contributed by atoms with Gasteiger partial charge in [0, 0.05) is 12.1 Å². The monoisotopic (exact) mass is 286 g/mol. The Morgan fingerprint density at radius 3 is 2.57 bits per heavy atom. The van der Waals surface area contributed by atoms with Gasteiger partial charge in [0.15, 0.2) is 0 Å². The third-order valence-corrected chi connectivity index (χ3v) is 2.81. The van der Waals surface area contributed by atoms with Gasteiger partial charge in [-0.1, -0.05) is 0 Å². The van der Waals surface area contributed by atoms with Crippen molar-refractivity contribution in [1.82, 2.24) is 9.97 Å². The van der Waals surface area contributed by atoms with Crippen LogP contribution >= 0.6 is 0 Å². The topological polar surface area (TPSA) is 125 Å². The predicted molar refractivity (Wildman–Crippen MR) is 70.5 cm³/mol. The number of non-ortho nitro benzene ring substituents is 1. The average molecular weight is 286 g/mol. The Morgan fingerprint density at radius 2 is 1.86 bits per heavy atom. The van der Waals surface area contributed by atoms with E-state index in [0.717, 1.165) is 0 Å². The van der Waals surface area contributed by atoms with Gasteiger partial charge in [0.25, 0.3) is 5.69 Å². The van der Waals surface area contributed by atoms with E-state index in [2.05, 4.69) is 9.97 Å². The molecule has 2 aromatic heterocycles. The molecule has 9 nitrogen and oxygen atoms in total. The fourth-order valence-electron chi connectivity index (χ4n) is 1.86. The Bertz CT molecular complexity index is 873. The van der Waals surface area contributed by atoms with Crippen LogP contribution in [0.3, 0.4) is 0 Å². The van der Waals surface area contributed by atoms with Crippen LogP contribution in [0.25, 0.3) is 22.5 Å². The number of fused-ring (bicyclic) bond motifs is 1. The number of hydrogen-bond donors (Lipinski definition) is 0. The molecular formula is C12H6N4O5. The summed E-state index contributed by atoms with van der Waals surface area (Å²) in [5.41, 5.74) is 0.568. The molecule has 0 saturated carbocycles. The van der Waals surface area contributed by atoms with E-state index in [4.69, 9.17) is 4.42 Å². The molecule has 21 heavy (non-hydrogen) atoms. The van der Waals surface area contributed by atoms with E-state index in [9.17, 15) is 20.2 Å². The summed E-state index contributed by atoms with van der Waals surface area (Å²) < 4.78 is 5.07. The summed E-state index contributed by atoms with van der Waals surface area (Å²) >= 11 is 0. The lowest BCUT2D eigenvalue weighted by Gasteiger charge is -2.00. The number of furan rings is 1. The second kappa shape index (κ2) is 4.63. The zero-order chi connectivity index (χ0) is 15.0. The van der Waals surface area contributed by atoms with Gasteiger partial charge in [-0.2, -0.15) is 0 Å². The molecule has 3 aromatic rings. The highest BCUT2D eigenvalue weighted by molar-refractivity contribution is 5.79. The van der Waals surface area contributed by atoms with Crippen LogP contribution in [-0.4, -0.2) is 19.8 Å². The molecule has 0 saturated heterocycles. The zero-order valence-electron chi connectivity index (χ0n) is 10.3. The number of nitro groups is 2. The molecule has 0 radical (unpaired) electrons. The van der Waals surface area contributed by atoms with E-state index in [1.165, 1.54) is 36.7 Å². The first-order valence-electron chi connectivity index (χ1n) is 5.70. The molecule has 0 amide bonds. The molecule has 0 bridgehead atoms. The molecule has 0 aliphatic carbocycles. The van der Waals surface area contributed by atoms with E-state index in [-0.39, 0.29) is 22.8 Å². The fourth-order valence-corrected chi connectivity index (χ4v) is 1.86. The first-order chi connectivity index (χ1) is 10.1. The second-order valence-corrected chi connectivity index (χ2v) is 4.08. The van der Waals surface area contributed by atoms with Crippen LogP contribution in [0.1, 0.15) is 0 Å². The van der Waals surface area contributed by atoms with Gasteiger partial charge in [-0.05, 0) is 6.07 Å². The maximum atomic E-state index is 10.9. The number of aromatic nitrogens is 2. The summed E-state index contributed by atoms with van der Waals surface area (Å²) in [6.45, 7) is 0. The Kier molecular flexibility index (Phi) is 2.79. The number of rotatable bonds is 3. The molecule has 0 N–H and O–H groups in total. The van der Waals surface area contributed by atoms with Gasteiger partial charge in [0.05, 0.1) is 39.4 Å². The SMILES string of the molecule is O=[N+]([O-])c1ccc2nc(-c3occc3[N+](=O)[O-])cnc2c1. The minimum absolute atomic E-state index is 0.00671. The number of nitro benzene ring substituents is 1. The van der Waals surface area contributed by atoms with E-state index in [1.807, 2.05) is 0 Å². The van der Waals surface area contributed by atoms with Crippen molar-refractivity contribution in [3.63, 3.8) is 0 Å². The molecule has 104 valence electrons. The highest BCUT2D eigenvalue weighted by Crippen LogP contribution is 2.30. The van der Waals surface area contributed by atoms with Crippen LogP contribution in [0.2, 0.25) is 0 Å². The smallest absolute Gasteiger partial charge is 0.316 e. The lowest BCUT2D eigenvalue weighted by atomic mass is 10.2. The first kappa shape index (κ1) is 12.7. The average Bonchev–Trinajstić information content (AvgIpc) is 2.95. The van der Waals surface area contributed by atoms with Gasteiger partial charge in [-0.15, -0.1) is 0 Å². The minimum atomic E-state index is -0.583. The summed E-state index contributed by atoms with van der Waals surface area (Å²) in [5.74, 6) is -0.00671. The molecule has 0 aliphatic rings. The van der Waals surface area contributed by atoms with Gasteiger partial charge in [-0.3, -0.25) is 25.2 Å². The van der Waals surface area contributed by atoms with Crippen LogP contribution in [0, 0.1) is 20.2 Å².